The summed E-state index contributed by atoms with van der Waals surface area (Å²) in [5.41, 5.74) is 2.64. The van der Waals surface area contributed by atoms with Crippen LogP contribution in [0, 0.1) is 0 Å². The lowest BCUT2D eigenvalue weighted by molar-refractivity contribution is 0.322. The van der Waals surface area contributed by atoms with E-state index in [0.717, 1.165) is 42.7 Å². The maximum Gasteiger partial charge on any atom is 0.253 e. The van der Waals surface area contributed by atoms with E-state index >= 15 is 0 Å². The Bertz CT molecular complexity index is 1080. The second-order valence-electron chi connectivity index (χ2n) is 8.00. The highest BCUT2D eigenvalue weighted by atomic mass is 32.1. The van der Waals surface area contributed by atoms with Crippen LogP contribution < -0.4 is 15.6 Å². The fourth-order valence-electron chi connectivity index (χ4n) is 3.45. The number of nitrogens with zero attached hydrogens (tertiary/aromatic N) is 2. The van der Waals surface area contributed by atoms with Gasteiger partial charge in [-0.1, -0.05) is 30.3 Å². The predicted octanol–water partition coefficient (Wildman–Crippen LogP) is 3.41. The number of hydrogen-bond acceptors (Lipinski definition) is 4. The van der Waals surface area contributed by atoms with Gasteiger partial charge >= 0.3 is 0 Å². The molecule has 0 radical (unpaired) electrons. The van der Waals surface area contributed by atoms with Gasteiger partial charge in [-0.3, -0.25) is 4.79 Å². The van der Waals surface area contributed by atoms with Crippen LogP contribution in [0.1, 0.15) is 18.1 Å². The van der Waals surface area contributed by atoms with E-state index in [1.807, 2.05) is 63.5 Å². The van der Waals surface area contributed by atoms with E-state index in [2.05, 4.69) is 32.2 Å². The molecule has 2 aromatic carbocycles. The van der Waals surface area contributed by atoms with Crippen molar-refractivity contribution >= 4 is 28.2 Å². The maximum atomic E-state index is 12.8. The average Bonchev–Trinajstić information content (AvgIpc) is 2.77. The van der Waals surface area contributed by atoms with Gasteiger partial charge in [0.15, 0.2) is 5.11 Å². The van der Waals surface area contributed by atoms with Crippen LogP contribution in [0.25, 0.3) is 10.9 Å². The van der Waals surface area contributed by atoms with Gasteiger partial charge in [-0.15, -0.1) is 0 Å². The zero-order valence-electron chi connectivity index (χ0n) is 19.1. The molecule has 0 saturated heterocycles. The first kappa shape index (κ1) is 23.8. The quantitative estimate of drug-likeness (QED) is 0.460. The molecule has 0 spiro atoms. The van der Waals surface area contributed by atoms with E-state index in [1.165, 1.54) is 5.56 Å². The SMILES string of the molecule is CCOc1ccc2[nH]c(=O)c(CN(CCN(C)C)C(=S)NCCc3ccccc3)cc2c1. The summed E-state index contributed by atoms with van der Waals surface area (Å²) in [4.78, 5) is 19.9. The highest BCUT2D eigenvalue weighted by molar-refractivity contribution is 7.80. The van der Waals surface area contributed by atoms with Gasteiger partial charge in [0.05, 0.1) is 13.2 Å². The van der Waals surface area contributed by atoms with Gasteiger partial charge in [0.1, 0.15) is 5.75 Å². The van der Waals surface area contributed by atoms with Gasteiger partial charge in [0.2, 0.25) is 0 Å². The number of rotatable bonds is 10. The standard InChI is InChI=1S/C25H32N4O2S/c1-4-31-22-10-11-23-20(17-22)16-21(24(30)27-23)18-29(15-14-28(2)3)25(32)26-13-12-19-8-6-5-7-9-19/h5-11,16-17H,4,12-15,18H2,1-3H3,(H,26,32)(H,27,30). The van der Waals surface area contributed by atoms with E-state index in [0.29, 0.717) is 23.8 Å². The van der Waals surface area contributed by atoms with Crippen molar-refractivity contribution in [1.29, 1.82) is 0 Å². The first-order valence-corrected chi connectivity index (χ1v) is 11.4. The number of pyridine rings is 1. The number of aromatic amines is 1. The normalized spacial score (nSPS) is 11.0. The van der Waals surface area contributed by atoms with Crippen molar-refractivity contribution in [2.45, 2.75) is 19.9 Å². The highest BCUT2D eigenvalue weighted by Crippen LogP contribution is 2.19. The van der Waals surface area contributed by atoms with Crippen molar-refractivity contribution in [3.05, 3.63) is 76.1 Å². The number of fused-ring (bicyclic) bond motifs is 1. The van der Waals surface area contributed by atoms with Crippen molar-refractivity contribution in [3.63, 3.8) is 0 Å². The summed E-state index contributed by atoms with van der Waals surface area (Å²) in [6, 6.07) is 18.0. The summed E-state index contributed by atoms with van der Waals surface area (Å²) in [5, 5.41) is 4.97. The van der Waals surface area contributed by atoms with Gasteiger partial charge in [0.25, 0.3) is 5.56 Å². The molecule has 0 atom stereocenters. The summed E-state index contributed by atoms with van der Waals surface area (Å²) in [7, 11) is 4.06. The number of benzene rings is 2. The van der Waals surface area contributed by atoms with Crippen LogP contribution in [-0.2, 0) is 13.0 Å². The molecule has 6 nitrogen and oxygen atoms in total. The number of H-pyrrole nitrogens is 1. The van der Waals surface area contributed by atoms with Crippen LogP contribution in [-0.4, -0.2) is 60.2 Å². The number of hydrogen-bond donors (Lipinski definition) is 2. The van der Waals surface area contributed by atoms with Gasteiger partial charge in [-0.2, -0.15) is 0 Å². The fraction of sp³-hybridized carbons (Fsp3) is 0.360. The molecule has 170 valence electrons. The molecule has 0 amide bonds. The number of aromatic nitrogens is 1. The molecule has 2 N–H and O–H groups in total. The second kappa shape index (κ2) is 11.6. The van der Waals surface area contributed by atoms with Gasteiger partial charge < -0.3 is 24.8 Å². The van der Waals surface area contributed by atoms with E-state index < -0.39 is 0 Å². The summed E-state index contributed by atoms with van der Waals surface area (Å²) < 4.78 is 5.61. The lowest BCUT2D eigenvalue weighted by atomic mass is 10.1. The van der Waals surface area contributed by atoms with Crippen molar-refractivity contribution < 1.29 is 4.74 Å². The molecule has 0 aliphatic carbocycles. The van der Waals surface area contributed by atoms with Gasteiger partial charge in [-0.05, 0) is 69.5 Å². The van der Waals surface area contributed by atoms with Crippen molar-refractivity contribution in [3.8, 4) is 5.75 Å². The van der Waals surface area contributed by atoms with E-state index in [-0.39, 0.29) is 5.56 Å². The van der Waals surface area contributed by atoms with Crippen LogP contribution >= 0.6 is 12.2 Å². The first-order valence-electron chi connectivity index (χ1n) is 11.0. The maximum absolute atomic E-state index is 12.8. The van der Waals surface area contributed by atoms with Crippen molar-refractivity contribution in [1.82, 2.24) is 20.1 Å². The molecule has 0 bridgehead atoms. The third-order valence-electron chi connectivity index (χ3n) is 5.20. The Kier molecular flexibility index (Phi) is 8.64. The Hall–Kier alpha value is -2.90. The number of likely N-dealkylation sites (N-methyl/N-ethyl adjacent to an activating group) is 1. The smallest absolute Gasteiger partial charge is 0.253 e. The molecule has 32 heavy (non-hydrogen) atoms. The van der Waals surface area contributed by atoms with E-state index in [4.69, 9.17) is 17.0 Å². The molecule has 0 fully saturated rings. The third-order valence-corrected chi connectivity index (χ3v) is 5.60. The first-order chi connectivity index (χ1) is 15.5. The molecular formula is C25H32N4O2S. The molecule has 0 aliphatic rings. The Morgan fingerprint density at radius 1 is 1.09 bits per heavy atom. The summed E-state index contributed by atoms with van der Waals surface area (Å²) in [5.74, 6) is 0.792. The molecule has 3 aromatic rings. The molecule has 0 saturated carbocycles. The van der Waals surface area contributed by atoms with Crippen LogP contribution in [0.4, 0.5) is 0 Å². The summed E-state index contributed by atoms with van der Waals surface area (Å²) in [6.45, 7) is 5.29. The Morgan fingerprint density at radius 3 is 2.59 bits per heavy atom. The number of thiocarbonyl (C=S) groups is 1. The van der Waals surface area contributed by atoms with E-state index in [1.54, 1.807) is 0 Å². The zero-order chi connectivity index (χ0) is 22.9. The molecule has 0 unspecified atom stereocenters. The number of nitrogens with one attached hydrogen (secondary N) is 2. The summed E-state index contributed by atoms with van der Waals surface area (Å²) >= 11 is 5.70. The minimum Gasteiger partial charge on any atom is -0.494 e. The van der Waals surface area contributed by atoms with Crippen LogP contribution in [0.3, 0.4) is 0 Å². The molecule has 3 rings (SSSR count). The second-order valence-corrected chi connectivity index (χ2v) is 8.38. The monoisotopic (exact) mass is 452 g/mol. The zero-order valence-corrected chi connectivity index (χ0v) is 19.9. The lowest BCUT2D eigenvalue weighted by Crippen LogP contribution is -2.43. The number of ether oxygens (including phenoxy) is 1. The summed E-state index contributed by atoms with van der Waals surface area (Å²) in [6.07, 6.45) is 0.888. The molecule has 0 aliphatic heterocycles. The topological polar surface area (TPSA) is 60.6 Å². The molecule has 7 heteroatoms. The minimum absolute atomic E-state index is 0.0939. The van der Waals surface area contributed by atoms with Crippen LogP contribution in [0.5, 0.6) is 5.75 Å². The van der Waals surface area contributed by atoms with Gasteiger partial charge in [0, 0.05) is 36.1 Å². The largest absolute Gasteiger partial charge is 0.494 e. The van der Waals surface area contributed by atoms with Crippen LogP contribution in [0.2, 0.25) is 0 Å². The van der Waals surface area contributed by atoms with Crippen LogP contribution in [0.15, 0.2) is 59.4 Å². The Balaban J connectivity index is 1.74. The lowest BCUT2D eigenvalue weighted by Gasteiger charge is -2.27. The highest BCUT2D eigenvalue weighted by Gasteiger charge is 2.14. The molecule has 1 aromatic heterocycles. The Labute approximate surface area is 195 Å². The molecule has 1 heterocycles. The predicted molar refractivity (Wildman–Crippen MR) is 135 cm³/mol. The minimum atomic E-state index is -0.0939. The van der Waals surface area contributed by atoms with Crippen molar-refractivity contribution in [2.75, 3.05) is 40.3 Å². The average molecular weight is 453 g/mol. The van der Waals surface area contributed by atoms with E-state index in [9.17, 15) is 4.79 Å². The third kappa shape index (κ3) is 6.80. The molecular weight excluding hydrogens is 420 g/mol. The van der Waals surface area contributed by atoms with Gasteiger partial charge in [-0.25, -0.2) is 0 Å². The fourth-order valence-corrected chi connectivity index (χ4v) is 3.71. The van der Waals surface area contributed by atoms with Crippen molar-refractivity contribution in [2.24, 2.45) is 0 Å². The Morgan fingerprint density at radius 2 is 1.88 bits per heavy atom.